The summed E-state index contributed by atoms with van der Waals surface area (Å²) < 4.78 is 15.3. The molecule has 1 aliphatic heterocycles. The molecule has 0 saturated carbocycles. The van der Waals surface area contributed by atoms with Crippen molar-refractivity contribution in [3.8, 4) is 5.75 Å². The minimum absolute atomic E-state index is 0.633. The first kappa shape index (κ1) is 21.0. The van der Waals surface area contributed by atoms with Crippen molar-refractivity contribution in [3.63, 3.8) is 0 Å². The zero-order valence-corrected chi connectivity index (χ0v) is 15.8. The van der Waals surface area contributed by atoms with E-state index in [-0.39, 0.29) is 0 Å². The van der Waals surface area contributed by atoms with E-state index < -0.39 is 48.6 Å². The van der Waals surface area contributed by atoms with E-state index in [9.17, 15) is 24.9 Å². The van der Waals surface area contributed by atoms with Gasteiger partial charge in [-0.15, -0.1) is 0 Å². The number of esters is 1. The molecular formula is C20H22O9. The lowest BCUT2D eigenvalue weighted by Crippen LogP contribution is -2.60. The molecule has 2 aromatic carbocycles. The number of methoxy groups -OCH3 is 1. The number of hydrogen-bond acceptors (Lipinski definition) is 8. The van der Waals surface area contributed by atoms with Crippen LogP contribution in [0.1, 0.15) is 18.4 Å². The highest BCUT2D eigenvalue weighted by molar-refractivity contribution is 5.86. The fourth-order valence-electron chi connectivity index (χ4n) is 3.14. The van der Waals surface area contributed by atoms with Gasteiger partial charge in [-0.1, -0.05) is 24.3 Å². The van der Waals surface area contributed by atoms with E-state index >= 15 is 0 Å². The number of aliphatic hydroxyl groups excluding tert-OH is 3. The Morgan fingerprint density at radius 1 is 1.00 bits per heavy atom. The van der Waals surface area contributed by atoms with Gasteiger partial charge in [-0.3, -0.25) is 4.79 Å². The number of carbonyl (C=O) groups excluding carboxylic acids is 1. The molecule has 0 radical (unpaired) electrons. The molecular weight excluding hydrogens is 384 g/mol. The summed E-state index contributed by atoms with van der Waals surface area (Å²) in [6, 6.07) is 10.9. The second-order valence-electron chi connectivity index (χ2n) is 6.87. The van der Waals surface area contributed by atoms with E-state index in [2.05, 4.69) is 0 Å². The molecule has 9 nitrogen and oxygen atoms in total. The van der Waals surface area contributed by atoms with Gasteiger partial charge in [-0.2, -0.15) is 0 Å². The fraction of sp³-hybridized carbons (Fsp3) is 0.400. The maximum atomic E-state index is 12.5. The van der Waals surface area contributed by atoms with Crippen LogP contribution in [0.4, 0.5) is 0 Å². The Balaban J connectivity index is 1.76. The molecule has 0 aromatic heterocycles. The molecule has 5 unspecified atom stereocenters. The average Bonchev–Trinajstić information content (AvgIpc) is 2.72. The second kappa shape index (κ2) is 8.34. The number of aliphatic carboxylic acids is 1. The number of carboxylic acid groups (broad SMARTS) is 1. The number of carbonyl (C=O) groups is 2. The van der Waals surface area contributed by atoms with Crippen molar-refractivity contribution in [2.24, 2.45) is 0 Å². The lowest BCUT2D eigenvalue weighted by molar-refractivity contribution is -0.286. The number of rotatable bonds is 5. The van der Waals surface area contributed by atoms with Crippen LogP contribution in [0.3, 0.4) is 0 Å². The third-order valence-corrected chi connectivity index (χ3v) is 4.97. The second-order valence-corrected chi connectivity index (χ2v) is 6.87. The van der Waals surface area contributed by atoms with Crippen molar-refractivity contribution in [1.29, 1.82) is 0 Å². The average molecular weight is 406 g/mol. The van der Waals surface area contributed by atoms with E-state index in [0.717, 1.165) is 10.8 Å². The molecule has 156 valence electrons. The summed E-state index contributed by atoms with van der Waals surface area (Å²) in [6.07, 6.45) is -9.05. The number of ether oxygens (including phenoxy) is 3. The Bertz CT molecular complexity index is 912. The molecule has 3 rings (SSSR count). The van der Waals surface area contributed by atoms with Gasteiger partial charge in [0.15, 0.2) is 6.10 Å². The first-order valence-corrected chi connectivity index (χ1v) is 8.93. The number of fused-ring (bicyclic) bond motifs is 1. The zero-order valence-electron chi connectivity index (χ0n) is 15.8. The normalized spacial score (nSPS) is 28.0. The predicted octanol–water partition coefficient (Wildman–Crippen LogP) is 0.387. The molecule has 0 bridgehead atoms. The Kier molecular flexibility index (Phi) is 6.04. The largest absolute Gasteiger partial charge is 0.497 e. The van der Waals surface area contributed by atoms with Crippen LogP contribution < -0.4 is 4.74 Å². The summed E-state index contributed by atoms with van der Waals surface area (Å²) in [7, 11) is 1.57. The summed E-state index contributed by atoms with van der Waals surface area (Å²) >= 11 is 0. The molecule has 0 amide bonds. The molecule has 1 aliphatic rings. The van der Waals surface area contributed by atoms with Crippen molar-refractivity contribution in [2.75, 3.05) is 7.11 Å². The zero-order chi connectivity index (χ0) is 21.3. The minimum Gasteiger partial charge on any atom is -0.497 e. The van der Waals surface area contributed by atoms with E-state index in [0.29, 0.717) is 11.3 Å². The van der Waals surface area contributed by atoms with Crippen molar-refractivity contribution in [3.05, 3.63) is 42.0 Å². The first-order valence-electron chi connectivity index (χ1n) is 8.93. The molecule has 1 fully saturated rings. The maximum Gasteiger partial charge on any atom is 0.335 e. The molecule has 6 atom stereocenters. The smallest absolute Gasteiger partial charge is 0.335 e. The Morgan fingerprint density at radius 3 is 2.31 bits per heavy atom. The lowest BCUT2D eigenvalue weighted by atomic mass is 9.97. The van der Waals surface area contributed by atoms with Crippen LogP contribution in [0.5, 0.6) is 5.75 Å². The van der Waals surface area contributed by atoms with Gasteiger partial charge in [0.05, 0.1) is 13.0 Å². The van der Waals surface area contributed by atoms with Crippen LogP contribution in [0.15, 0.2) is 36.4 Å². The van der Waals surface area contributed by atoms with Crippen molar-refractivity contribution >= 4 is 22.7 Å². The molecule has 0 spiro atoms. The molecule has 4 N–H and O–H groups in total. The lowest BCUT2D eigenvalue weighted by Gasteiger charge is -2.38. The molecule has 1 saturated heterocycles. The van der Waals surface area contributed by atoms with Gasteiger partial charge in [-0.05, 0) is 35.4 Å². The van der Waals surface area contributed by atoms with Crippen LogP contribution >= 0.6 is 0 Å². The summed E-state index contributed by atoms with van der Waals surface area (Å²) in [5.74, 6) is -2.39. The van der Waals surface area contributed by atoms with Gasteiger partial charge in [-0.25, -0.2) is 4.79 Å². The Morgan fingerprint density at radius 2 is 1.66 bits per heavy atom. The van der Waals surface area contributed by atoms with Crippen molar-refractivity contribution < 1.29 is 44.2 Å². The van der Waals surface area contributed by atoms with Gasteiger partial charge < -0.3 is 34.6 Å². The highest BCUT2D eigenvalue weighted by Crippen LogP contribution is 2.28. The summed E-state index contributed by atoms with van der Waals surface area (Å²) in [5, 5.41) is 40.3. The first-order chi connectivity index (χ1) is 13.7. The highest BCUT2D eigenvalue weighted by Gasteiger charge is 2.48. The highest BCUT2D eigenvalue weighted by atomic mass is 16.7. The third-order valence-electron chi connectivity index (χ3n) is 4.97. The standard InChI is InChI=1S/C20H22O9/c1-9(10-3-4-12-8-13(27-2)6-5-11(12)7-10)19(26)29-20-16(23)14(21)15(22)17(28-20)18(24)25/h3-9,14-17,20-23H,1-2H3,(H,24,25)/t9-,14?,15?,16?,17?,20?/m1/s1. The van der Waals surface area contributed by atoms with Crippen LogP contribution in [-0.2, 0) is 19.1 Å². The molecule has 2 aromatic rings. The summed E-state index contributed by atoms with van der Waals surface area (Å²) in [5.41, 5.74) is 0.633. The van der Waals surface area contributed by atoms with Crippen LogP contribution in [0.2, 0.25) is 0 Å². The SMILES string of the molecule is COc1ccc2cc([C@@H](C)C(=O)OC3OC(C(=O)O)C(O)C(O)C3O)ccc2c1. The quantitative estimate of drug-likeness (QED) is 0.518. The van der Waals surface area contributed by atoms with E-state index in [1.807, 2.05) is 18.2 Å². The Hall–Kier alpha value is -2.72. The molecule has 29 heavy (non-hydrogen) atoms. The van der Waals surface area contributed by atoms with E-state index in [1.165, 1.54) is 0 Å². The van der Waals surface area contributed by atoms with Crippen LogP contribution in [-0.4, -0.2) is 70.2 Å². The van der Waals surface area contributed by atoms with Crippen molar-refractivity contribution in [2.45, 2.75) is 43.5 Å². The number of hydrogen-bond donors (Lipinski definition) is 4. The minimum atomic E-state index is -1.85. The number of aliphatic hydroxyl groups is 3. The van der Waals surface area contributed by atoms with E-state index in [4.69, 9.17) is 19.3 Å². The van der Waals surface area contributed by atoms with Crippen LogP contribution in [0, 0.1) is 0 Å². The summed E-state index contributed by atoms with van der Waals surface area (Å²) in [6.45, 7) is 1.59. The molecule has 1 heterocycles. The maximum absolute atomic E-state index is 12.5. The van der Waals surface area contributed by atoms with E-state index in [1.54, 1.807) is 32.2 Å². The summed E-state index contributed by atoms with van der Waals surface area (Å²) in [4.78, 5) is 23.7. The van der Waals surface area contributed by atoms with Gasteiger partial charge in [0.25, 0.3) is 0 Å². The van der Waals surface area contributed by atoms with Gasteiger partial charge in [0, 0.05) is 0 Å². The number of carboxylic acids is 1. The topological polar surface area (TPSA) is 143 Å². The van der Waals surface area contributed by atoms with Crippen LogP contribution in [0.25, 0.3) is 10.8 Å². The van der Waals surface area contributed by atoms with Crippen molar-refractivity contribution in [1.82, 2.24) is 0 Å². The monoisotopic (exact) mass is 406 g/mol. The Labute approximate surface area is 166 Å². The predicted molar refractivity (Wildman–Crippen MR) is 99.3 cm³/mol. The van der Waals surface area contributed by atoms with Gasteiger partial charge in [0.1, 0.15) is 24.1 Å². The molecule has 0 aliphatic carbocycles. The molecule has 9 heteroatoms. The van der Waals surface area contributed by atoms with Gasteiger partial charge >= 0.3 is 11.9 Å². The fourth-order valence-corrected chi connectivity index (χ4v) is 3.14. The third kappa shape index (κ3) is 4.18. The number of benzene rings is 2. The van der Waals surface area contributed by atoms with Gasteiger partial charge in [0.2, 0.25) is 6.29 Å².